The minimum absolute atomic E-state index is 0.0741. The normalized spacial score (nSPS) is 19.5. The van der Waals surface area contributed by atoms with E-state index < -0.39 is 6.04 Å². The van der Waals surface area contributed by atoms with Crippen molar-refractivity contribution < 1.29 is 9.59 Å². The molecule has 1 fully saturated rings. The van der Waals surface area contributed by atoms with Crippen LogP contribution < -0.4 is 10.2 Å². The predicted molar refractivity (Wildman–Crippen MR) is 123 cm³/mol. The van der Waals surface area contributed by atoms with E-state index in [1.54, 1.807) is 17.0 Å². The molecule has 5 rings (SSSR count). The van der Waals surface area contributed by atoms with Crippen molar-refractivity contribution in [3.8, 4) is 0 Å². The van der Waals surface area contributed by atoms with E-state index in [0.717, 1.165) is 47.8 Å². The average Bonchev–Trinajstić information content (AvgIpc) is 3.06. The van der Waals surface area contributed by atoms with Crippen molar-refractivity contribution >= 4 is 40.0 Å². The Hall–Kier alpha value is -2.79. The number of hydrogen-bond acceptors (Lipinski definition) is 2. The van der Waals surface area contributed by atoms with Crippen molar-refractivity contribution in [3.05, 3.63) is 64.8 Å². The van der Waals surface area contributed by atoms with Crippen molar-refractivity contribution in [1.82, 2.24) is 9.88 Å². The molecule has 2 aliphatic rings. The van der Waals surface area contributed by atoms with Crippen molar-refractivity contribution in [1.29, 1.82) is 0 Å². The molecular weight excluding hydrogens is 410 g/mol. The molecule has 1 saturated carbocycles. The molecule has 1 unspecified atom stereocenters. The molecule has 160 valence electrons. The van der Waals surface area contributed by atoms with Crippen LogP contribution >= 0.6 is 11.6 Å². The molecule has 0 radical (unpaired) electrons. The minimum Gasteiger partial charge on any atom is -0.351 e. The monoisotopic (exact) mass is 435 g/mol. The number of aryl methyl sites for hydroxylation is 1. The Morgan fingerprint density at radius 3 is 2.48 bits per heavy atom. The van der Waals surface area contributed by atoms with E-state index in [2.05, 4.69) is 9.88 Å². The van der Waals surface area contributed by atoms with Crippen LogP contribution in [0.25, 0.3) is 10.9 Å². The molecule has 2 aromatic carbocycles. The van der Waals surface area contributed by atoms with Crippen LogP contribution in [0.4, 0.5) is 5.69 Å². The number of amides is 2. The van der Waals surface area contributed by atoms with Crippen LogP contribution in [0, 0.1) is 0 Å². The summed E-state index contributed by atoms with van der Waals surface area (Å²) >= 11 is 6.09. The van der Waals surface area contributed by atoms with Gasteiger partial charge in [0.05, 0.1) is 12.1 Å². The van der Waals surface area contributed by atoms with Crippen LogP contribution in [0.5, 0.6) is 0 Å². The maximum Gasteiger partial charge on any atom is 0.249 e. The molecule has 1 aliphatic carbocycles. The lowest BCUT2D eigenvalue weighted by Gasteiger charge is -2.37. The van der Waals surface area contributed by atoms with Crippen LogP contribution in [0.3, 0.4) is 0 Å². The number of hydrogen-bond donors (Lipinski definition) is 1. The Balaban J connectivity index is 1.63. The highest BCUT2D eigenvalue weighted by Gasteiger charge is 2.42. The molecule has 0 bridgehead atoms. The van der Waals surface area contributed by atoms with Crippen LogP contribution in [-0.2, 0) is 23.1 Å². The van der Waals surface area contributed by atoms with E-state index in [4.69, 9.17) is 11.6 Å². The second kappa shape index (κ2) is 8.04. The number of nitrogens with one attached hydrogen (secondary N) is 1. The number of fused-ring (bicyclic) bond motifs is 3. The van der Waals surface area contributed by atoms with Crippen molar-refractivity contribution in [2.75, 3.05) is 4.90 Å². The number of benzene rings is 2. The van der Waals surface area contributed by atoms with E-state index >= 15 is 0 Å². The summed E-state index contributed by atoms with van der Waals surface area (Å²) in [4.78, 5) is 28.8. The molecule has 3 aromatic rings. The zero-order chi connectivity index (χ0) is 21.5. The summed E-state index contributed by atoms with van der Waals surface area (Å²) in [5.74, 6) is -0.183. The standard InChI is InChI=1S/C25H26ClN3O2/c1-28-21-10-6-5-9-19(21)20-15-22(30)29(18-13-11-16(26)12-14-18)24(23(20)28)25(31)27-17-7-3-2-4-8-17/h5-6,9-14,17,24H,2-4,7-8,15H2,1H3,(H,27,31). The minimum atomic E-state index is -0.711. The van der Waals surface area contributed by atoms with Gasteiger partial charge < -0.3 is 9.88 Å². The van der Waals surface area contributed by atoms with Gasteiger partial charge in [0, 0.05) is 34.7 Å². The maximum atomic E-state index is 13.7. The molecule has 31 heavy (non-hydrogen) atoms. The van der Waals surface area contributed by atoms with Crippen molar-refractivity contribution in [3.63, 3.8) is 0 Å². The number of halogens is 1. The Kier molecular flexibility index (Phi) is 5.22. The second-order valence-electron chi connectivity index (χ2n) is 8.60. The number of para-hydroxylation sites is 1. The molecule has 6 heteroatoms. The zero-order valence-corrected chi connectivity index (χ0v) is 18.4. The van der Waals surface area contributed by atoms with E-state index in [0.29, 0.717) is 10.7 Å². The highest BCUT2D eigenvalue weighted by Crippen LogP contribution is 2.40. The molecule has 1 N–H and O–H groups in total. The molecule has 2 heterocycles. The Labute approximate surface area is 187 Å². The number of aromatic nitrogens is 1. The Bertz CT molecular complexity index is 1150. The maximum absolute atomic E-state index is 13.7. The lowest BCUT2D eigenvalue weighted by Crippen LogP contribution is -2.50. The van der Waals surface area contributed by atoms with Gasteiger partial charge in [-0.25, -0.2) is 0 Å². The lowest BCUT2D eigenvalue weighted by molar-refractivity contribution is -0.127. The van der Waals surface area contributed by atoms with Gasteiger partial charge in [-0.3, -0.25) is 14.5 Å². The molecule has 0 spiro atoms. The number of carbonyl (C=O) groups is 2. The van der Waals surface area contributed by atoms with Crippen LogP contribution in [0.15, 0.2) is 48.5 Å². The number of nitrogens with zero attached hydrogens (tertiary/aromatic N) is 2. The van der Waals surface area contributed by atoms with Gasteiger partial charge >= 0.3 is 0 Å². The van der Waals surface area contributed by atoms with Gasteiger partial charge in [0.1, 0.15) is 0 Å². The fourth-order valence-corrected chi connectivity index (χ4v) is 5.32. The number of anilines is 1. The third-order valence-corrected chi connectivity index (χ3v) is 6.93. The van der Waals surface area contributed by atoms with Gasteiger partial charge in [-0.05, 0) is 48.7 Å². The highest BCUT2D eigenvalue weighted by molar-refractivity contribution is 6.30. The lowest BCUT2D eigenvalue weighted by atomic mass is 9.93. The fraction of sp³-hybridized carbons (Fsp3) is 0.360. The molecule has 0 saturated heterocycles. The first-order valence-electron chi connectivity index (χ1n) is 11.0. The zero-order valence-electron chi connectivity index (χ0n) is 17.6. The average molecular weight is 436 g/mol. The topological polar surface area (TPSA) is 54.3 Å². The fourth-order valence-electron chi connectivity index (χ4n) is 5.19. The smallest absolute Gasteiger partial charge is 0.249 e. The van der Waals surface area contributed by atoms with E-state index in [1.165, 1.54) is 6.42 Å². The van der Waals surface area contributed by atoms with Gasteiger partial charge in [0.2, 0.25) is 11.8 Å². The predicted octanol–water partition coefficient (Wildman–Crippen LogP) is 4.91. The van der Waals surface area contributed by atoms with E-state index in [9.17, 15) is 9.59 Å². The SMILES string of the molecule is Cn1c2c(c3ccccc31)CC(=O)N(c1ccc(Cl)cc1)C2C(=O)NC1CCCCC1. The van der Waals surface area contributed by atoms with Crippen LogP contribution in [-0.4, -0.2) is 22.4 Å². The number of rotatable bonds is 3. The van der Waals surface area contributed by atoms with Gasteiger partial charge in [0.25, 0.3) is 0 Å². The number of carbonyl (C=O) groups excluding carboxylic acids is 2. The van der Waals surface area contributed by atoms with E-state index in [1.807, 2.05) is 43.4 Å². The van der Waals surface area contributed by atoms with E-state index in [-0.39, 0.29) is 24.3 Å². The molecule has 5 nitrogen and oxygen atoms in total. The summed E-state index contributed by atoms with van der Waals surface area (Å²) < 4.78 is 2.07. The highest BCUT2D eigenvalue weighted by atomic mass is 35.5. The van der Waals surface area contributed by atoms with Crippen molar-refractivity contribution in [2.24, 2.45) is 7.05 Å². The summed E-state index contributed by atoms with van der Waals surface area (Å²) in [6, 6.07) is 14.7. The molecule has 1 atom stereocenters. The third kappa shape index (κ3) is 3.51. The summed E-state index contributed by atoms with van der Waals surface area (Å²) in [6.45, 7) is 0. The second-order valence-corrected chi connectivity index (χ2v) is 9.04. The van der Waals surface area contributed by atoms with Gasteiger partial charge in [-0.1, -0.05) is 49.1 Å². The summed E-state index contributed by atoms with van der Waals surface area (Å²) in [5, 5.41) is 4.90. The van der Waals surface area contributed by atoms with Crippen LogP contribution in [0.1, 0.15) is 49.4 Å². The van der Waals surface area contributed by atoms with Gasteiger partial charge in [-0.15, -0.1) is 0 Å². The van der Waals surface area contributed by atoms with Crippen LogP contribution in [0.2, 0.25) is 5.02 Å². The summed E-state index contributed by atoms with van der Waals surface area (Å²) in [6.07, 6.45) is 5.75. The van der Waals surface area contributed by atoms with Crippen molar-refractivity contribution in [2.45, 2.75) is 50.6 Å². The third-order valence-electron chi connectivity index (χ3n) is 6.68. The van der Waals surface area contributed by atoms with Gasteiger partial charge in [-0.2, -0.15) is 0 Å². The largest absolute Gasteiger partial charge is 0.351 e. The molecule has 2 amide bonds. The molecular formula is C25H26ClN3O2. The summed E-state index contributed by atoms with van der Waals surface area (Å²) in [7, 11) is 1.98. The molecule has 1 aromatic heterocycles. The molecule has 1 aliphatic heterocycles. The first-order valence-corrected chi connectivity index (χ1v) is 11.4. The first kappa shape index (κ1) is 20.1. The quantitative estimate of drug-likeness (QED) is 0.635. The Morgan fingerprint density at radius 2 is 1.74 bits per heavy atom. The summed E-state index contributed by atoms with van der Waals surface area (Å²) in [5.41, 5.74) is 3.57. The first-order chi connectivity index (χ1) is 15.0. The Morgan fingerprint density at radius 1 is 1.03 bits per heavy atom. The van der Waals surface area contributed by atoms with Gasteiger partial charge in [0.15, 0.2) is 6.04 Å².